The maximum absolute atomic E-state index is 12.5. The number of carbonyl (C=O) groups is 1. The Labute approximate surface area is 190 Å². The van der Waals surface area contributed by atoms with Gasteiger partial charge in [0.25, 0.3) is 5.91 Å². The maximum Gasteiger partial charge on any atom is 0.291 e. The Morgan fingerprint density at radius 3 is 2.91 bits per heavy atom. The number of amides is 1. The molecule has 2 aromatic heterocycles. The van der Waals surface area contributed by atoms with E-state index >= 15 is 0 Å². The molecule has 1 amide bonds. The number of aromatic nitrogens is 2. The van der Waals surface area contributed by atoms with Crippen LogP contribution in [0.25, 0.3) is 0 Å². The van der Waals surface area contributed by atoms with E-state index < -0.39 is 0 Å². The average Bonchev–Trinajstić information content (AvgIpc) is 3.54. The Morgan fingerprint density at radius 1 is 1.12 bits per heavy atom. The largest absolute Gasteiger partial charge is 0.486 e. The molecule has 2 aromatic carbocycles. The molecule has 2 heterocycles. The Kier molecular flexibility index (Phi) is 5.69. The van der Waals surface area contributed by atoms with E-state index in [2.05, 4.69) is 22.5 Å². The summed E-state index contributed by atoms with van der Waals surface area (Å²) in [5, 5.41) is 7.77. The first-order valence-corrected chi connectivity index (χ1v) is 10.9. The highest BCUT2D eigenvalue weighted by atomic mass is 35.5. The second-order valence-electron chi connectivity index (χ2n) is 7.81. The lowest BCUT2D eigenvalue weighted by Crippen LogP contribution is -2.10. The van der Waals surface area contributed by atoms with Gasteiger partial charge in [0, 0.05) is 11.2 Å². The quantitative estimate of drug-likeness (QED) is 0.406. The zero-order valence-corrected chi connectivity index (χ0v) is 18.1. The van der Waals surface area contributed by atoms with Crippen molar-refractivity contribution >= 4 is 23.2 Å². The van der Waals surface area contributed by atoms with E-state index in [0.717, 1.165) is 24.2 Å². The highest BCUT2D eigenvalue weighted by molar-refractivity contribution is 6.31. The van der Waals surface area contributed by atoms with Crippen LogP contribution in [0.1, 0.15) is 39.4 Å². The molecule has 0 aliphatic heterocycles. The van der Waals surface area contributed by atoms with E-state index in [1.54, 1.807) is 29.2 Å². The van der Waals surface area contributed by atoms with Gasteiger partial charge in [0.05, 0.1) is 18.4 Å². The number of furan rings is 1. The normalized spacial score (nSPS) is 12.5. The summed E-state index contributed by atoms with van der Waals surface area (Å²) in [7, 11) is 0. The van der Waals surface area contributed by atoms with E-state index in [0.29, 0.717) is 23.0 Å². The molecule has 32 heavy (non-hydrogen) atoms. The summed E-state index contributed by atoms with van der Waals surface area (Å²) >= 11 is 6.20. The van der Waals surface area contributed by atoms with Crippen LogP contribution in [-0.4, -0.2) is 15.7 Å². The first-order chi connectivity index (χ1) is 15.6. The molecular formula is C25H22ClN3O3. The zero-order valence-electron chi connectivity index (χ0n) is 17.4. The van der Waals surface area contributed by atoms with Crippen molar-refractivity contribution < 1.29 is 13.9 Å². The van der Waals surface area contributed by atoms with Gasteiger partial charge in [-0.15, -0.1) is 0 Å². The van der Waals surface area contributed by atoms with E-state index in [1.807, 2.05) is 30.3 Å². The number of rotatable bonds is 7. The lowest BCUT2D eigenvalue weighted by Gasteiger charge is -2.06. The minimum atomic E-state index is -0.342. The van der Waals surface area contributed by atoms with Crippen molar-refractivity contribution in [2.75, 3.05) is 5.32 Å². The number of hydrogen-bond acceptors (Lipinski definition) is 4. The fourth-order valence-electron chi connectivity index (χ4n) is 3.88. The number of hydrogen-bond donors (Lipinski definition) is 1. The van der Waals surface area contributed by atoms with Crippen LogP contribution in [-0.2, 0) is 26.0 Å². The number of halogens is 1. The zero-order chi connectivity index (χ0) is 21.9. The molecule has 0 fully saturated rings. The number of carbonyl (C=O) groups excluding carboxylic acids is 1. The molecule has 0 spiro atoms. The van der Waals surface area contributed by atoms with Gasteiger partial charge in [-0.25, -0.2) is 0 Å². The van der Waals surface area contributed by atoms with Crippen molar-refractivity contribution in [3.8, 4) is 5.75 Å². The molecule has 1 N–H and O–H groups in total. The summed E-state index contributed by atoms with van der Waals surface area (Å²) in [5.41, 5.74) is 4.30. The van der Waals surface area contributed by atoms with Crippen molar-refractivity contribution in [3.63, 3.8) is 0 Å². The minimum absolute atomic E-state index is 0.219. The van der Waals surface area contributed by atoms with Crippen molar-refractivity contribution in [2.24, 2.45) is 0 Å². The summed E-state index contributed by atoms with van der Waals surface area (Å²) in [6.45, 7) is 0.780. The first kappa shape index (κ1) is 20.4. The molecule has 0 saturated heterocycles. The van der Waals surface area contributed by atoms with Gasteiger partial charge in [-0.1, -0.05) is 35.9 Å². The smallest absolute Gasteiger partial charge is 0.291 e. The number of fused-ring (bicyclic) bond motifs is 1. The van der Waals surface area contributed by atoms with E-state index in [-0.39, 0.29) is 18.3 Å². The summed E-state index contributed by atoms with van der Waals surface area (Å²) in [6, 6.07) is 17.2. The third-order valence-electron chi connectivity index (χ3n) is 5.52. The van der Waals surface area contributed by atoms with Crippen molar-refractivity contribution in [1.82, 2.24) is 9.78 Å². The lowest BCUT2D eigenvalue weighted by atomic mass is 10.1. The third kappa shape index (κ3) is 4.55. The molecule has 6 nitrogen and oxygen atoms in total. The van der Waals surface area contributed by atoms with Gasteiger partial charge in [0.15, 0.2) is 5.76 Å². The predicted octanol–water partition coefficient (Wildman–Crippen LogP) is 5.50. The fourth-order valence-corrected chi connectivity index (χ4v) is 4.07. The molecule has 0 unspecified atom stereocenters. The minimum Gasteiger partial charge on any atom is -0.486 e. The van der Waals surface area contributed by atoms with E-state index in [4.69, 9.17) is 20.8 Å². The van der Waals surface area contributed by atoms with Crippen LogP contribution in [0.4, 0.5) is 5.69 Å². The number of nitrogens with zero attached hydrogens (tertiary/aromatic N) is 2. The molecule has 1 aliphatic rings. The fraction of sp³-hybridized carbons (Fsp3) is 0.200. The van der Waals surface area contributed by atoms with E-state index in [9.17, 15) is 4.79 Å². The van der Waals surface area contributed by atoms with Gasteiger partial charge >= 0.3 is 0 Å². The van der Waals surface area contributed by atoms with Crippen LogP contribution in [0.5, 0.6) is 5.75 Å². The Morgan fingerprint density at radius 2 is 2.00 bits per heavy atom. The highest BCUT2D eigenvalue weighted by Crippen LogP contribution is 2.26. The van der Waals surface area contributed by atoms with Gasteiger partial charge in [-0.2, -0.15) is 5.10 Å². The molecular weight excluding hydrogens is 426 g/mol. The van der Waals surface area contributed by atoms with Crippen LogP contribution in [0, 0.1) is 0 Å². The molecule has 0 saturated carbocycles. The van der Waals surface area contributed by atoms with Crippen LogP contribution in [0.15, 0.2) is 71.4 Å². The molecule has 7 heteroatoms. The standard InChI is InChI=1S/C25H22ClN3O3/c26-23-7-2-1-4-19(23)14-29-15-20(13-27-29)28-25(30)24-11-10-22(32-24)16-31-21-9-8-17-5-3-6-18(17)12-21/h1-2,4,7-13,15H,3,5-6,14,16H2,(H,28,30). The average molecular weight is 448 g/mol. The summed E-state index contributed by atoms with van der Waals surface area (Å²) in [4.78, 5) is 12.5. The summed E-state index contributed by atoms with van der Waals surface area (Å²) in [6.07, 6.45) is 6.80. The van der Waals surface area contributed by atoms with Gasteiger partial charge in [0.2, 0.25) is 0 Å². The Hall–Kier alpha value is -3.51. The number of aryl methyl sites for hydroxylation is 2. The molecule has 0 atom stereocenters. The second-order valence-corrected chi connectivity index (χ2v) is 8.22. The van der Waals surface area contributed by atoms with Gasteiger partial charge in [-0.3, -0.25) is 9.48 Å². The number of benzene rings is 2. The van der Waals surface area contributed by atoms with Crippen molar-refractivity contribution in [2.45, 2.75) is 32.4 Å². The summed E-state index contributed by atoms with van der Waals surface area (Å²) in [5.74, 6) is 1.28. The van der Waals surface area contributed by atoms with Crippen LogP contribution < -0.4 is 10.1 Å². The molecule has 4 aromatic rings. The molecule has 162 valence electrons. The number of ether oxygens (including phenoxy) is 1. The SMILES string of the molecule is O=C(Nc1cnn(Cc2ccccc2Cl)c1)c1ccc(COc2ccc3c(c2)CCC3)o1. The number of nitrogens with one attached hydrogen (secondary N) is 1. The Balaban J connectivity index is 1.17. The number of anilines is 1. The second kappa shape index (κ2) is 8.93. The van der Waals surface area contributed by atoms with Gasteiger partial charge in [0.1, 0.15) is 18.1 Å². The van der Waals surface area contributed by atoms with Crippen LogP contribution in [0.3, 0.4) is 0 Å². The van der Waals surface area contributed by atoms with Crippen molar-refractivity contribution in [1.29, 1.82) is 0 Å². The van der Waals surface area contributed by atoms with Crippen LogP contribution in [0.2, 0.25) is 5.02 Å². The van der Waals surface area contributed by atoms with E-state index in [1.165, 1.54) is 17.5 Å². The third-order valence-corrected chi connectivity index (χ3v) is 5.89. The van der Waals surface area contributed by atoms with Gasteiger partial charge in [-0.05, 0) is 66.3 Å². The topological polar surface area (TPSA) is 69.3 Å². The summed E-state index contributed by atoms with van der Waals surface area (Å²) < 4.78 is 13.2. The molecule has 5 rings (SSSR count). The molecule has 0 radical (unpaired) electrons. The van der Waals surface area contributed by atoms with Gasteiger partial charge < -0.3 is 14.5 Å². The maximum atomic E-state index is 12.5. The molecule has 1 aliphatic carbocycles. The highest BCUT2D eigenvalue weighted by Gasteiger charge is 2.14. The lowest BCUT2D eigenvalue weighted by molar-refractivity contribution is 0.0992. The van der Waals surface area contributed by atoms with Crippen LogP contribution >= 0.6 is 11.6 Å². The Bertz CT molecular complexity index is 1260. The van der Waals surface area contributed by atoms with Crippen molar-refractivity contribution in [3.05, 3.63) is 100 Å². The predicted molar refractivity (Wildman–Crippen MR) is 122 cm³/mol. The first-order valence-electron chi connectivity index (χ1n) is 10.5. The molecule has 0 bridgehead atoms. The monoisotopic (exact) mass is 447 g/mol.